The van der Waals surface area contributed by atoms with Gasteiger partial charge in [-0.1, -0.05) is 0 Å². The molecule has 0 amide bonds. The van der Waals surface area contributed by atoms with E-state index in [-0.39, 0.29) is 0 Å². The normalized spacial score (nSPS) is 22.8. The maximum Gasteiger partial charge on any atom is 0.203 e. The summed E-state index contributed by atoms with van der Waals surface area (Å²) in [5.41, 5.74) is 0.780. The largest absolute Gasteiger partial charge is 0.478 e. The molecule has 2 rings (SSSR count). The van der Waals surface area contributed by atoms with Crippen LogP contribution in [0.1, 0.15) is 6.42 Å². The maximum atomic E-state index is 8.82. The van der Waals surface area contributed by atoms with Gasteiger partial charge in [0.2, 0.25) is 5.88 Å². The summed E-state index contributed by atoms with van der Waals surface area (Å²) in [7, 11) is 0. The van der Waals surface area contributed by atoms with Crippen LogP contribution in [-0.2, 0) is 9.47 Å². The van der Waals surface area contributed by atoms with Crippen LogP contribution in [0, 0.1) is 11.3 Å². The van der Waals surface area contributed by atoms with E-state index >= 15 is 0 Å². The average molecular weight is 180 g/mol. The lowest BCUT2D eigenvalue weighted by Gasteiger charge is -2.28. The number of nitriles is 1. The summed E-state index contributed by atoms with van der Waals surface area (Å²) in [5, 5.41) is 8.82. The highest BCUT2D eigenvalue weighted by Crippen LogP contribution is 2.22. The Morgan fingerprint density at radius 2 is 2.00 bits per heavy atom. The van der Waals surface area contributed by atoms with E-state index < -0.39 is 0 Å². The van der Waals surface area contributed by atoms with Crippen molar-refractivity contribution in [1.29, 1.82) is 5.26 Å². The van der Waals surface area contributed by atoms with Crippen LogP contribution in [-0.4, -0.2) is 37.8 Å². The number of hydrogen-bond donors (Lipinski definition) is 0. The first kappa shape index (κ1) is 8.39. The van der Waals surface area contributed by atoms with Crippen molar-refractivity contribution in [3.63, 3.8) is 0 Å². The lowest BCUT2D eigenvalue weighted by atomic mass is 10.2. The molecule has 0 N–H and O–H groups in total. The summed E-state index contributed by atoms with van der Waals surface area (Å²) in [4.78, 5) is 2.09. The zero-order valence-corrected chi connectivity index (χ0v) is 7.45. The molecule has 4 nitrogen and oxygen atoms in total. The molecule has 0 unspecified atom stereocenters. The van der Waals surface area contributed by atoms with Crippen molar-refractivity contribution < 1.29 is 9.47 Å². The van der Waals surface area contributed by atoms with Gasteiger partial charge in [-0.15, -0.1) is 0 Å². The SMILES string of the molecule is N#CC1=C(N2CCOCC2)OCC1. The van der Waals surface area contributed by atoms with Crippen LogP contribution in [0.15, 0.2) is 11.5 Å². The third kappa shape index (κ3) is 1.61. The Hall–Kier alpha value is -1.21. The number of rotatable bonds is 1. The molecular formula is C9H12N2O2. The molecule has 0 aromatic heterocycles. The summed E-state index contributed by atoms with van der Waals surface area (Å²) in [6.45, 7) is 3.77. The molecule has 2 aliphatic rings. The Bertz CT molecular complexity index is 261. The van der Waals surface area contributed by atoms with Gasteiger partial charge in [-0.25, -0.2) is 0 Å². The van der Waals surface area contributed by atoms with Gasteiger partial charge in [0, 0.05) is 19.5 Å². The third-order valence-electron chi connectivity index (χ3n) is 2.28. The molecule has 2 aliphatic heterocycles. The monoisotopic (exact) mass is 180 g/mol. The van der Waals surface area contributed by atoms with E-state index in [1.54, 1.807) is 0 Å². The molecule has 0 atom stereocenters. The molecule has 13 heavy (non-hydrogen) atoms. The van der Waals surface area contributed by atoms with Crippen molar-refractivity contribution in [2.75, 3.05) is 32.9 Å². The topological polar surface area (TPSA) is 45.5 Å². The predicted octanol–water partition coefficient (Wildman–Crippen LogP) is 0.474. The van der Waals surface area contributed by atoms with E-state index in [2.05, 4.69) is 11.0 Å². The second kappa shape index (κ2) is 3.67. The summed E-state index contributed by atoms with van der Waals surface area (Å²) < 4.78 is 10.6. The molecule has 0 aromatic rings. The van der Waals surface area contributed by atoms with Crippen LogP contribution in [0.4, 0.5) is 0 Å². The zero-order chi connectivity index (χ0) is 9.10. The van der Waals surface area contributed by atoms with Crippen molar-refractivity contribution in [2.45, 2.75) is 6.42 Å². The molecular weight excluding hydrogens is 168 g/mol. The van der Waals surface area contributed by atoms with E-state index in [4.69, 9.17) is 14.7 Å². The third-order valence-corrected chi connectivity index (χ3v) is 2.28. The highest BCUT2D eigenvalue weighted by Gasteiger charge is 2.23. The highest BCUT2D eigenvalue weighted by atomic mass is 16.5. The van der Waals surface area contributed by atoms with Crippen LogP contribution in [0.3, 0.4) is 0 Å². The Balaban J connectivity index is 2.10. The number of morpholine rings is 1. The highest BCUT2D eigenvalue weighted by molar-refractivity contribution is 5.26. The van der Waals surface area contributed by atoms with Crippen molar-refractivity contribution in [1.82, 2.24) is 4.90 Å². The van der Waals surface area contributed by atoms with Gasteiger partial charge in [0.25, 0.3) is 0 Å². The fourth-order valence-electron chi connectivity index (χ4n) is 1.60. The smallest absolute Gasteiger partial charge is 0.203 e. The molecule has 70 valence electrons. The molecule has 4 heteroatoms. The van der Waals surface area contributed by atoms with Crippen LogP contribution in [0.2, 0.25) is 0 Å². The van der Waals surface area contributed by atoms with Crippen LogP contribution < -0.4 is 0 Å². The molecule has 1 saturated heterocycles. The van der Waals surface area contributed by atoms with Crippen molar-refractivity contribution >= 4 is 0 Å². The second-order valence-electron chi connectivity index (χ2n) is 3.09. The Labute approximate surface area is 77.3 Å². The fraction of sp³-hybridized carbons (Fsp3) is 0.667. The van der Waals surface area contributed by atoms with E-state index in [9.17, 15) is 0 Å². The molecule has 2 heterocycles. The first-order valence-electron chi connectivity index (χ1n) is 4.50. The van der Waals surface area contributed by atoms with E-state index in [0.29, 0.717) is 6.61 Å². The molecule has 0 aromatic carbocycles. The lowest BCUT2D eigenvalue weighted by molar-refractivity contribution is 0.0208. The number of hydrogen-bond acceptors (Lipinski definition) is 4. The van der Waals surface area contributed by atoms with E-state index in [1.165, 1.54) is 0 Å². The number of nitrogens with zero attached hydrogens (tertiary/aromatic N) is 2. The first-order chi connectivity index (χ1) is 6.42. The molecule has 0 saturated carbocycles. The average Bonchev–Trinajstić information content (AvgIpc) is 2.67. The van der Waals surface area contributed by atoms with Gasteiger partial charge >= 0.3 is 0 Å². The van der Waals surface area contributed by atoms with Gasteiger partial charge in [0.05, 0.1) is 25.4 Å². The summed E-state index contributed by atoms with van der Waals surface area (Å²) in [5.74, 6) is 0.783. The van der Waals surface area contributed by atoms with Gasteiger partial charge in [0.1, 0.15) is 6.07 Å². The second-order valence-corrected chi connectivity index (χ2v) is 3.09. The Morgan fingerprint density at radius 3 is 2.69 bits per heavy atom. The maximum absolute atomic E-state index is 8.82. The Morgan fingerprint density at radius 1 is 1.23 bits per heavy atom. The van der Waals surface area contributed by atoms with Crippen molar-refractivity contribution in [3.05, 3.63) is 11.5 Å². The summed E-state index contributed by atoms with van der Waals surface area (Å²) in [6.07, 6.45) is 0.753. The van der Waals surface area contributed by atoms with E-state index in [0.717, 1.165) is 44.2 Å². The van der Waals surface area contributed by atoms with Gasteiger partial charge in [-0.3, -0.25) is 0 Å². The summed E-state index contributed by atoms with van der Waals surface area (Å²) in [6, 6.07) is 2.18. The first-order valence-corrected chi connectivity index (χ1v) is 4.50. The predicted molar refractivity (Wildman–Crippen MR) is 45.6 cm³/mol. The zero-order valence-electron chi connectivity index (χ0n) is 7.45. The lowest BCUT2D eigenvalue weighted by Crippen LogP contribution is -2.36. The van der Waals surface area contributed by atoms with Crippen molar-refractivity contribution in [3.8, 4) is 6.07 Å². The van der Waals surface area contributed by atoms with Crippen LogP contribution in [0.25, 0.3) is 0 Å². The molecule has 0 bridgehead atoms. The minimum absolute atomic E-state index is 0.648. The van der Waals surface area contributed by atoms with Gasteiger partial charge in [0.15, 0.2) is 0 Å². The molecule has 0 aliphatic carbocycles. The minimum atomic E-state index is 0.648. The molecule has 1 fully saturated rings. The Kier molecular flexibility index (Phi) is 2.37. The molecule has 0 spiro atoms. The standard InChI is InChI=1S/C9H12N2O2/c10-7-8-1-4-13-9(8)11-2-5-12-6-3-11/h1-6H2. The molecule has 0 radical (unpaired) electrons. The number of ether oxygens (including phenoxy) is 2. The van der Waals surface area contributed by atoms with E-state index in [1.807, 2.05) is 0 Å². The minimum Gasteiger partial charge on any atom is -0.478 e. The van der Waals surface area contributed by atoms with Gasteiger partial charge < -0.3 is 14.4 Å². The van der Waals surface area contributed by atoms with Crippen LogP contribution in [0.5, 0.6) is 0 Å². The summed E-state index contributed by atoms with van der Waals surface area (Å²) >= 11 is 0. The van der Waals surface area contributed by atoms with Crippen molar-refractivity contribution in [2.24, 2.45) is 0 Å². The quantitative estimate of drug-likeness (QED) is 0.588. The van der Waals surface area contributed by atoms with Crippen LogP contribution >= 0.6 is 0 Å². The fourth-order valence-corrected chi connectivity index (χ4v) is 1.60. The van der Waals surface area contributed by atoms with Gasteiger partial charge in [-0.2, -0.15) is 5.26 Å². The van der Waals surface area contributed by atoms with Gasteiger partial charge in [-0.05, 0) is 0 Å².